The summed E-state index contributed by atoms with van der Waals surface area (Å²) in [6.45, 7) is 1.28. The number of nitrogens with one attached hydrogen (secondary N) is 1. The monoisotopic (exact) mass is 280 g/mol. The lowest BCUT2D eigenvalue weighted by Gasteiger charge is -2.17. The number of halogens is 1. The van der Waals surface area contributed by atoms with Crippen molar-refractivity contribution < 1.29 is 19.1 Å². The Kier molecular flexibility index (Phi) is 4.55. The average molecular weight is 280 g/mol. The Morgan fingerprint density at radius 1 is 1.45 bits per heavy atom. The molecule has 1 unspecified atom stereocenters. The fourth-order valence-corrected chi connectivity index (χ4v) is 2.37. The number of carbonyl (C=O) groups excluding carboxylic acids is 1. The first-order valence-corrected chi connectivity index (χ1v) is 6.53. The normalized spacial score (nSPS) is 18.1. The van der Waals surface area contributed by atoms with Gasteiger partial charge in [0.2, 0.25) is 0 Å². The number of carboxylic acids is 1. The van der Waals surface area contributed by atoms with Crippen LogP contribution in [0.4, 0.5) is 9.18 Å². The van der Waals surface area contributed by atoms with E-state index in [2.05, 4.69) is 5.32 Å². The van der Waals surface area contributed by atoms with Crippen LogP contribution in [0.5, 0.6) is 0 Å². The molecule has 0 radical (unpaired) electrons. The highest BCUT2D eigenvalue weighted by Gasteiger charge is 2.27. The molecule has 0 bridgehead atoms. The number of amides is 2. The van der Waals surface area contributed by atoms with Gasteiger partial charge < -0.3 is 15.3 Å². The van der Waals surface area contributed by atoms with Gasteiger partial charge in [0.25, 0.3) is 0 Å². The van der Waals surface area contributed by atoms with E-state index in [1.807, 2.05) is 0 Å². The fourth-order valence-electron chi connectivity index (χ4n) is 2.37. The summed E-state index contributed by atoms with van der Waals surface area (Å²) in [4.78, 5) is 24.1. The van der Waals surface area contributed by atoms with Crippen molar-refractivity contribution in [2.45, 2.75) is 19.4 Å². The zero-order valence-electron chi connectivity index (χ0n) is 11.0. The third-order valence-corrected chi connectivity index (χ3v) is 3.37. The van der Waals surface area contributed by atoms with E-state index < -0.39 is 5.97 Å². The van der Waals surface area contributed by atoms with Crippen LogP contribution in [0.1, 0.15) is 18.4 Å². The summed E-state index contributed by atoms with van der Waals surface area (Å²) < 4.78 is 13.0. The highest BCUT2D eigenvalue weighted by Crippen LogP contribution is 2.19. The maximum Gasteiger partial charge on any atom is 0.317 e. The van der Waals surface area contributed by atoms with Crippen molar-refractivity contribution in [3.05, 3.63) is 35.6 Å². The maximum absolute atomic E-state index is 13.0. The number of hydrogen-bond acceptors (Lipinski definition) is 2. The SMILES string of the molecule is O=C(O)CC1CCN(C(=O)NCc2cccc(F)c2)C1. The van der Waals surface area contributed by atoms with Crippen LogP contribution < -0.4 is 5.32 Å². The van der Waals surface area contributed by atoms with Gasteiger partial charge in [-0.3, -0.25) is 4.79 Å². The van der Waals surface area contributed by atoms with Gasteiger partial charge in [-0.25, -0.2) is 9.18 Å². The zero-order chi connectivity index (χ0) is 14.5. The fraction of sp³-hybridized carbons (Fsp3) is 0.429. The number of carboxylic acid groups (broad SMARTS) is 1. The van der Waals surface area contributed by atoms with Crippen molar-refractivity contribution in [3.8, 4) is 0 Å². The molecule has 2 rings (SSSR count). The molecule has 0 saturated carbocycles. The summed E-state index contributed by atoms with van der Waals surface area (Å²) in [5, 5.41) is 11.4. The molecule has 1 atom stereocenters. The van der Waals surface area contributed by atoms with Crippen molar-refractivity contribution in [1.29, 1.82) is 0 Å². The number of nitrogens with zero attached hydrogens (tertiary/aromatic N) is 1. The van der Waals surface area contributed by atoms with E-state index in [1.165, 1.54) is 12.1 Å². The number of hydrogen-bond donors (Lipinski definition) is 2. The molecule has 1 aliphatic rings. The van der Waals surface area contributed by atoms with E-state index in [4.69, 9.17) is 5.11 Å². The lowest BCUT2D eigenvalue weighted by Crippen LogP contribution is -2.38. The van der Waals surface area contributed by atoms with Gasteiger partial charge >= 0.3 is 12.0 Å². The molecule has 1 aromatic rings. The predicted octanol–water partition coefficient (Wildman–Crippen LogP) is 1.83. The molecular weight excluding hydrogens is 263 g/mol. The lowest BCUT2D eigenvalue weighted by molar-refractivity contribution is -0.138. The minimum absolute atomic E-state index is 0.0208. The molecule has 2 amide bonds. The Bertz CT molecular complexity index is 507. The topological polar surface area (TPSA) is 69.6 Å². The van der Waals surface area contributed by atoms with Crippen LogP contribution in [0, 0.1) is 11.7 Å². The summed E-state index contributed by atoms with van der Waals surface area (Å²) >= 11 is 0. The van der Waals surface area contributed by atoms with Crippen LogP contribution in [0.25, 0.3) is 0 Å². The Balaban J connectivity index is 1.80. The molecule has 2 N–H and O–H groups in total. The van der Waals surface area contributed by atoms with Crippen molar-refractivity contribution in [3.63, 3.8) is 0 Å². The lowest BCUT2D eigenvalue weighted by atomic mass is 10.1. The van der Waals surface area contributed by atoms with Crippen molar-refractivity contribution in [2.75, 3.05) is 13.1 Å². The van der Waals surface area contributed by atoms with E-state index >= 15 is 0 Å². The summed E-state index contributed by atoms with van der Waals surface area (Å²) in [6, 6.07) is 5.82. The van der Waals surface area contributed by atoms with Gasteiger partial charge in [0.15, 0.2) is 0 Å². The van der Waals surface area contributed by atoms with Gasteiger partial charge in [-0.1, -0.05) is 12.1 Å². The van der Waals surface area contributed by atoms with Crippen LogP contribution in [-0.2, 0) is 11.3 Å². The van der Waals surface area contributed by atoms with E-state index in [0.29, 0.717) is 25.1 Å². The number of benzene rings is 1. The van der Waals surface area contributed by atoms with E-state index in [-0.39, 0.29) is 30.7 Å². The van der Waals surface area contributed by atoms with Crippen molar-refractivity contribution in [1.82, 2.24) is 10.2 Å². The first kappa shape index (κ1) is 14.3. The molecule has 1 aromatic carbocycles. The maximum atomic E-state index is 13.0. The van der Waals surface area contributed by atoms with Crippen LogP contribution in [0.2, 0.25) is 0 Å². The number of rotatable bonds is 4. The van der Waals surface area contributed by atoms with Crippen molar-refractivity contribution in [2.24, 2.45) is 5.92 Å². The summed E-state index contributed by atoms with van der Waals surface area (Å²) in [5.74, 6) is -1.15. The standard InChI is InChI=1S/C14H17FN2O3/c15-12-3-1-2-10(6-12)8-16-14(20)17-5-4-11(9-17)7-13(18)19/h1-3,6,11H,4-5,7-9H2,(H,16,20)(H,18,19). The van der Waals surface area contributed by atoms with Crippen molar-refractivity contribution >= 4 is 12.0 Å². The summed E-state index contributed by atoms with van der Waals surface area (Å²) in [5.41, 5.74) is 0.694. The highest BCUT2D eigenvalue weighted by molar-refractivity contribution is 5.74. The number of carbonyl (C=O) groups is 2. The first-order chi connectivity index (χ1) is 9.54. The molecule has 6 heteroatoms. The van der Waals surface area contributed by atoms with Gasteiger partial charge in [-0.15, -0.1) is 0 Å². The Morgan fingerprint density at radius 2 is 2.25 bits per heavy atom. The Morgan fingerprint density at radius 3 is 2.95 bits per heavy atom. The zero-order valence-corrected chi connectivity index (χ0v) is 11.0. The van der Waals surface area contributed by atoms with E-state index in [9.17, 15) is 14.0 Å². The van der Waals surface area contributed by atoms with Gasteiger partial charge in [0.05, 0.1) is 0 Å². The van der Waals surface area contributed by atoms with Crippen LogP contribution in [0.3, 0.4) is 0 Å². The number of likely N-dealkylation sites (tertiary alicyclic amines) is 1. The smallest absolute Gasteiger partial charge is 0.317 e. The predicted molar refractivity (Wildman–Crippen MR) is 70.6 cm³/mol. The third kappa shape index (κ3) is 3.94. The van der Waals surface area contributed by atoms with E-state index in [0.717, 1.165) is 0 Å². The van der Waals surface area contributed by atoms with Gasteiger partial charge in [0.1, 0.15) is 5.82 Å². The Labute approximate surface area is 116 Å². The number of urea groups is 1. The summed E-state index contributed by atoms with van der Waals surface area (Å²) in [7, 11) is 0. The van der Waals surface area contributed by atoms with Gasteiger partial charge in [-0.05, 0) is 30.0 Å². The minimum atomic E-state index is -0.836. The largest absolute Gasteiger partial charge is 0.481 e. The summed E-state index contributed by atoms with van der Waals surface area (Å²) in [6.07, 6.45) is 0.799. The second-order valence-electron chi connectivity index (χ2n) is 4.99. The van der Waals surface area contributed by atoms with Crippen LogP contribution in [0.15, 0.2) is 24.3 Å². The minimum Gasteiger partial charge on any atom is -0.481 e. The highest BCUT2D eigenvalue weighted by atomic mass is 19.1. The molecule has 5 nitrogen and oxygen atoms in total. The molecule has 1 fully saturated rings. The van der Waals surface area contributed by atoms with Gasteiger partial charge in [0, 0.05) is 26.1 Å². The Hall–Kier alpha value is -2.11. The van der Waals surface area contributed by atoms with Gasteiger partial charge in [-0.2, -0.15) is 0 Å². The molecule has 1 heterocycles. The first-order valence-electron chi connectivity index (χ1n) is 6.53. The van der Waals surface area contributed by atoms with Crippen LogP contribution in [-0.4, -0.2) is 35.1 Å². The molecular formula is C14H17FN2O3. The second kappa shape index (κ2) is 6.36. The molecule has 108 valence electrons. The molecule has 1 saturated heterocycles. The number of aliphatic carboxylic acids is 1. The molecule has 1 aliphatic heterocycles. The third-order valence-electron chi connectivity index (χ3n) is 3.37. The molecule has 20 heavy (non-hydrogen) atoms. The van der Waals surface area contributed by atoms with E-state index in [1.54, 1.807) is 17.0 Å². The molecule has 0 spiro atoms. The quantitative estimate of drug-likeness (QED) is 0.884. The second-order valence-corrected chi connectivity index (χ2v) is 4.99. The molecule has 0 aromatic heterocycles. The average Bonchev–Trinajstić information content (AvgIpc) is 2.84. The van der Waals surface area contributed by atoms with Crippen LogP contribution >= 0.6 is 0 Å². The molecule has 0 aliphatic carbocycles.